The normalized spacial score (nSPS) is 14.3. The van der Waals surface area contributed by atoms with Gasteiger partial charge in [-0.15, -0.1) is 0 Å². The second-order valence-corrected chi connectivity index (χ2v) is 2.38. The third-order valence-corrected chi connectivity index (χ3v) is 1.66. The Bertz CT molecular complexity index is 65.9. The summed E-state index contributed by atoms with van der Waals surface area (Å²) in [6, 6.07) is 0.542. The fraction of sp³-hybridized carbons (Fsp3) is 1.00. The first-order chi connectivity index (χ1) is 4.22. The van der Waals surface area contributed by atoms with Crippen molar-refractivity contribution in [2.45, 2.75) is 19.9 Å². The molecule has 0 aromatic rings. The third-order valence-electron chi connectivity index (χ3n) is 1.66. The van der Waals surface area contributed by atoms with Gasteiger partial charge in [0, 0.05) is 13.2 Å². The molecule has 0 rings (SSSR count). The molecule has 0 amide bonds. The van der Waals surface area contributed by atoms with Crippen molar-refractivity contribution in [3.63, 3.8) is 0 Å². The fourth-order valence-corrected chi connectivity index (χ4v) is 0.680. The molecule has 0 fully saturated rings. The second kappa shape index (κ2) is 4.77. The predicted octanol–water partition coefficient (Wildman–Crippen LogP) is 0.973. The number of likely N-dealkylation sites (N-methyl/N-ethyl adjacent to an activating group) is 1. The van der Waals surface area contributed by atoms with E-state index < -0.39 is 0 Å². The van der Waals surface area contributed by atoms with E-state index >= 15 is 0 Å². The lowest BCUT2D eigenvalue weighted by Gasteiger charge is -2.21. The summed E-state index contributed by atoms with van der Waals surface area (Å²) in [6.45, 7) is 6.22. The summed E-state index contributed by atoms with van der Waals surface area (Å²) in [4.78, 5) is 2.25. The van der Waals surface area contributed by atoms with Gasteiger partial charge in [0.25, 0.3) is 0 Å². The maximum atomic E-state index is 4.98. The molecule has 0 aliphatic carbocycles. The van der Waals surface area contributed by atoms with Gasteiger partial charge in [0.1, 0.15) is 0 Å². The van der Waals surface area contributed by atoms with Crippen LogP contribution in [0, 0.1) is 0 Å². The number of rotatable bonds is 4. The van der Waals surface area contributed by atoms with E-state index in [9.17, 15) is 0 Å². The topological polar surface area (TPSA) is 12.5 Å². The number of nitrogens with zero attached hydrogens (tertiary/aromatic N) is 1. The van der Waals surface area contributed by atoms with Crippen LogP contribution in [0.3, 0.4) is 0 Å². The Labute approximate surface area is 57.8 Å². The number of hydrogen-bond donors (Lipinski definition) is 0. The van der Waals surface area contributed by atoms with Crippen LogP contribution in [-0.4, -0.2) is 38.3 Å². The Kier molecular flexibility index (Phi) is 4.72. The highest BCUT2D eigenvalue weighted by Gasteiger charge is 2.04. The molecule has 2 nitrogen and oxygen atoms in total. The molecule has 0 unspecified atom stereocenters. The molecule has 9 heavy (non-hydrogen) atoms. The molecule has 0 radical (unpaired) electrons. The van der Waals surface area contributed by atoms with Gasteiger partial charge in [0.15, 0.2) is 0 Å². The van der Waals surface area contributed by atoms with Crippen LogP contribution < -0.4 is 0 Å². The zero-order chi connectivity index (χ0) is 7.28. The molecule has 0 heterocycles. The molecule has 2 heteroatoms. The third kappa shape index (κ3) is 3.49. The number of hydrogen-bond acceptors (Lipinski definition) is 2. The van der Waals surface area contributed by atoms with Gasteiger partial charge in [-0.3, -0.25) is 0 Å². The van der Waals surface area contributed by atoms with E-state index in [1.54, 1.807) is 7.11 Å². The van der Waals surface area contributed by atoms with E-state index in [1.165, 1.54) is 0 Å². The van der Waals surface area contributed by atoms with Crippen molar-refractivity contribution in [3.05, 3.63) is 0 Å². The molecule has 0 aromatic carbocycles. The summed E-state index contributed by atoms with van der Waals surface area (Å²) < 4.78 is 4.98. The standard InChI is InChI=1S/C7H17NO/c1-5-8(3)7(2)6-9-4/h7H,5-6H2,1-4H3/t7-/m0/s1. The molecule has 0 bridgehead atoms. The van der Waals surface area contributed by atoms with E-state index in [-0.39, 0.29) is 0 Å². The van der Waals surface area contributed by atoms with Gasteiger partial charge in [0.05, 0.1) is 6.61 Å². The molecule has 1 atom stereocenters. The van der Waals surface area contributed by atoms with Crippen molar-refractivity contribution < 1.29 is 4.74 Å². The highest BCUT2D eigenvalue weighted by Crippen LogP contribution is 1.93. The fourth-order valence-electron chi connectivity index (χ4n) is 0.680. The quantitative estimate of drug-likeness (QED) is 0.563. The van der Waals surface area contributed by atoms with Crippen LogP contribution in [0.4, 0.5) is 0 Å². The first-order valence-corrected chi connectivity index (χ1v) is 3.41. The largest absolute Gasteiger partial charge is 0.383 e. The molecule has 0 saturated carbocycles. The molecule has 0 spiro atoms. The SMILES string of the molecule is CCN(C)[C@@H](C)COC. The first-order valence-electron chi connectivity index (χ1n) is 3.41. The summed E-state index contributed by atoms with van der Waals surface area (Å²) in [6.07, 6.45) is 0. The maximum Gasteiger partial charge on any atom is 0.0615 e. The molecule has 0 aromatic heterocycles. The van der Waals surface area contributed by atoms with Crippen LogP contribution in [0.25, 0.3) is 0 Å². The summed E-state index contributed by atoms with van der Waals surface area (Å²) in [5.41, 5.74) is 0. The monoisotopic (exact) mass is 131 g/mol. The highest BCUT2D eigenvalue weighted by molar-refractivity contribution is 4.58. The van der Waals surface area contributed by atoms with Crippen molar-refractivity contribution in [2.75, 3.05) is 27.3 Å². The molecule has 56 valence electrons. The molecule has 0 saturated heterocycles. The maximum absolute atomic E-state index is 4.98. The van der Waals surface area contributed by atoms with Crippen LogP contribution in [-0.2, 0) is 4.74 Å². The van der Waals surface area contributed by atoms with Crippen molar-refractivity contribution in [3.8, 4) is 0 Å². The molecule has 0 N–H and O–H groups in total. The summed E-state index contributed by atoms with van der Waals surface area (Å²) in [7, 11) is 3.84. The van der Waals surface area contributed by atoms with E-state index in [1.807, 2.05) is 0 Å². The second-order valence-electron chi connectivity index (χ2n) is 2.38. The Morgan fingerprint density at radius 1 is 1.56 bits per heavy atom. The summed E-state index contributed by atoms with van der Waals surface area (Å²) in [5, 5.41) is 0. The number of ether oxygens (including phenoxy) is 1. The molecular formula is C7H17NO. The zero-order valence-corrected chi connectivity index (χ0v) is 6.85. The van der Waals surface area contributed by atoms with Gasteiger partial charge in [-0.1, -0.05) is 6.92 Å². The van der Waals surface area contributed by atoms with Crippen LogP contribution in [0.2, 0.25) is 0 Å². The summed E-state index contributed by atoms with van der Waals surface area (Å²) >= 11 is 0. The smallest absolute Gasteiger partial charge is 0.0615 e. The van der Waals surface area contributed by atoms with Gasteiger partial charge >= 0.3 is 0 Å². The van der Waals surface area contributed by atoms with Gasteiger partial charge in [-0.2, -0.15) is 0 Å². The predicted molar refractivity (Wildman–Crippen MR) is 39.6 cm³/mol. The Hall–Kier alpha value is -0.0800. The molecular weight excluding hydrogens is 114 g/mol. The average molecular weight is 131 g/mol. The van der Waals surface area contributed by atoms with Crippen LogP contribution in [0.5, 0.6) is 0 Å². The number of methoxy groups -OCH3 is 1. The van der Waals surface area contributed by atoms with Crippen LogP contribution in [0.1, 0.15) is 13.8 Å². The van der Waals surface area contributed by atoms with Crippen LogP contribution in [0.15, 0.2) is 0 Å². The highest BCUT2D eigenvalue weighted by atomic mass is 16.5. The van der Waals surface area contributed by atoms with E-state index in [4.69, 9.17) is 4.74 Å². The average Bonchev–Trinajstić information content (AvgIpc) is 1.87. The van der Waals surface area contributed by atoms with Gasteiger partial charge < -0.3 is 9.64 Å². The van der Waals surface area contributed by atoms with Gasteiger partial charge in [-0.25, -0.2) is 0 Å². The summed E-state index contributed by atoms with van der Waals surface area (Å²) in [5.74, 6) is 0. The molecule has 0 aliphatic rings. The van der Waals surface area contributed by atoms with Crippen LogP contribution >= 0.6 is 0 Å². The lowest BCUT2D eigenvalue weighted by molar-refractivity contribution is 0.119. The van der Waals surface area contributed by atoms with Gasteiger partial charge in [0.2, 0.25) is 0 Å². The van der Waals surface area contributed by atoms with E-state index in [2.05, 4.69) is 25.8 Å². The van der Waals surface area contributed by atoms with E-state index in [0.29, 0.717) is 6.04 Å². The zero-order valence-electron chi connectivity index (χ0n) is 6.85. The van der Waals surface area contributed by atoms with Crippen molar-refractivity contribution >= 4 is 0 Å². The minimum absolute atomic E-state index is 0.542. The molecule has 0 aliphatic heterocycles. The lowest BCUT2D eigenvalue weighted by atomic mass is 10.3. The minimum atomic E-state index is 0.542. The van der Waals surface area contributed by atoms with Crippen molar-refractivity contribution in [2.24, 2.45) is 0 Å². The lowest BCUT2D eigenvalue weighted by Crippen LogP contribution is -2.32. The first kappa shape index (κ1) is 8.92. The van der Waals surface area contributed by atoms with Crippen molar-refractivity contribution in [1.82, 2.24) is 4.90 Å². The Morgan fingerprint density at radius 2 is 2.11 bits per heavy atom. The Morgan fingerprint density at radius 3 is 2.44 bits per heavy atom. The van der Waals surface area contributed by atoms with Gasteiger partial charge in [-0.05, 0) is 20.5 Å². The Balaban J connectivity index is 3.32. The van der Waals surface area contributed by atoms with E-state index in [0.717, 1.165) is 13.2 Å². The minimum Gasteiger partial charge on any atom is -0.383 e. The van der Waals surface area contributed by atoms with Crippen molar-refractivity contribution in [1.29, 1.82) is 0 Å².